The third-order valence-electron chi connectivity index (χ3n) is 2.49. The summed E-state index contributed by atoms with van der Waals surface area (Å²) in [5, 5.41) is 9.86. The molecular formula is C11H18O3. The number of aliphatic hydroxyl groups excluding tert-OH is 1. The highest BCUT2D eigenvalue weighted by molar-refractivity contribution is 5.33. The molecule has 3 heteroatoms. The third-order valence-corrected chi connectivity index (χ3v) is 2.49. The summed E-state index contributed by atoms with van der Waals surface area (Å²) in [5.41, 5.74) is 0.786. The van der Waals surface area contributed by atoms with E-state index in [1.54, 1.807) is 7.11 Å². The topological polar surface area (TPSA) is 38.7 Å². The van der Waals surface area contributed by atoms with Gasteiger partial charge in [-0.05, 0) is 13.8 Å². The number of allylic oxidation sites excluding steroid dienone is 3. The molecule has 1 atom stereocenters. The van der Waals surface area contributed by atoms with Crippen LogP contribution in [0.4, 0.5) is 0 Å². The molecule has 1 N–H and O–H groups in total. The molecule has 0 saturated heterocycles. The fraction of sp³-hybridized carbons (Fsp3) is 0.636. The first-order valence-corrected chi connectivity index (χ1v) is 4.91. The minimum Gasteiger partial charge on any atom is -0.504 e. The molecule has 0 spiro atoms. The van der Waals surface area contributed by atoms with E-state index in [1.807, 2.05) is 20.8 Å². The van der Waals surface area contributed by atoms with Crippen LogP contribution in [0.25, 0.3) is 0 Å². The maximum atomic E-state index is 9.86. The van der Waals surface area contributed by atoms with Gasteiger partial charge in [-0.2, -0.15) is 0 Å². The van der Waals surface area contributed by atoms with Gasteiger partial charge in [-0.25, -0.2) is 0 Å². The number of aliphatic hydroxyl groups is 1. The zero-order chi connectivity index (χ0) is 10.7. The molecule has 1 aliphatic carbocycles. The highest BCUT2D eigenvalue weighted by Crippen LogP contribution is 2.33. The fourth-order valence-electron chi connectivity index (χ4n) is 1.68. The van der Waals surface area contributed by atoms with Gasteiger partial charge >= 0.3 is 0 Å². The third kappa shape index (κ3) is 1.86. The van der Waals surface area contributed by atoms with Crippen LogP contribution >= 0.6 is 0 Å². The molecule has 0 bridgehead atoms. The highest BCUT2D eigenvalue weighted by atomic mass is 16.5. The largest absolute Gasteiger partial charge is 0.504 e. The Labute approximate surface area is 85.0 Å². The lowest BCUT2D eigenvalue weighted by molar-refractivity contribution is 0.154. The molecule has 3 nitrogen and oxygen atoms in total. The van der Waals surface area contributed by atoms with Crippen LogP contribution in [0.3, 0.4) is 0 Å². The number of ether oxygens (including phenoxy) is 2. The van der Waals surface area contributed by atoms with E-state index in [9.17, 15) is 5.11 Å². The maximum Gasteiger partial charge on any atom is 0.159 e. The standard InChI is InChI=1S/C11H18O3/c1-5-14-11-7(2)6-9(13-4)8(3)10(11)12/h7,12H,5-6H2,1-4H3. The van der Waals surface area contributed by atoms with Gasteiger partial charge in [0.15, 0.2) is 5.76 Å². The lowest BCUT2D eigenvalue weighted by Gasteiger charge is -2.25. The van der Waals surface area contributed by atoms with Crippen LogP contribution in [0.1, 0.15) is 27.2 Å². The first-order chi connectivity index (χ1) is 6.61. The number of hydrogen-bond donors (Lipinski definition) is 1. The summed E-state index contributed by atoms with van der Waals surface area (Å²) in [6, 6.07) is 0. The van der Waals surface area contributed by atoms with Crippen LogP contribution in [0.2, 0.25) is 0 Å². The predicted octanol–water partition coefficient (Wildman–Crippen LogP) is 2.75. The van der Waals surface area contributed by atoms with Crippen molar-refractivity contribution in [3.8, 4) is 0 Å². The molecule has 0 saturated carbocycles. The van der Waals surface area contributed by atoms with Crippen molar-refractivity contribution in [2.75, 3.05) is 13.7 Å². The molecule has 0 radical (unpaired) electrons. The van der Waals surface area contributed by atoms with Crippen molar-refractivity contribution in [2.45, 2.75) is 27.2 Å². The second-order valence-corrected chi connectivity index (χ2v) is 3.50. The normalized spacial score (nSPS) is 22.7. The molecule has 80 valence electrons. The lowest BCUT2D eigenvalue weighted by Crippen LogP contribution is -2.15. The molecule has 0 fully saturated rings. The smallest absolute Gasteiger partial charge is 0.159 e. The molecule has 0 aromatic heterocycles. The van der Waals surface area contributed by atoms with Crippen molar-refractivity contribution in [3.63, 3.8) is 0 Å². The van der Waals surface area contributed by atoms with Crippen LogP contribution in [-0.4, -0.2) is 18.8 Å². The minimum atomic E-state index is 0.189. The molecule has 1 unspecified atom stereocenters. The van der Waals surface area contributed by atoms with E-state index in [0.717, 1.165) is 17.8 Å². The Bertz CT molecular complexity index is 276. The summed E-state index contributed by atoms with van der Waals surface area (Å²) in [4.78, 5) is 0. The Hall–Kier alpha value is -1.12. The molecule has 0 aliphatic heterocycles. The minimum absolute atomic E-state index is 0.189. The molecule has 0 amide bonds. The molecule has 0 heterocycles. The van der Waals surface area contributed by atoms with Gasteiger partial charge in [-0.1, -0.05) is 6.92 Å². The van der Waals surface area contributed by atoms with E-state index < -0.39 is 0 Å². The van der Waals surface area contributed by atoms with Crippen molar-refractivity contribution in [2.24, 2.45) is 5.92 Å². The van der Waals surface area contributed by atoms with E-state index in [-0.39, 0.29) is 11.7 Å². The summed E-state index contributed by atoms with van der Waals surface area (Å²) in [6.45, 7) is 6.36. The SMILES string of the molecule is CCOC1=C(O)C(C)=C(OC)CC1C. The van der Waals surface area contributed by atoms with E-state index in [1.165, 1.54) is 0 Å². The van der Waals surface area contributed by atoms with Crippen LogP contribution in [0.5, 0.6) is 0 Å². The summed E-state index contributed by atoms with van der Waals surface area (Å²) in [7, 11) is 1.63. The average Bonchev–Trinajstić information content (AvgIpc) is 2.18. The summed E-state index contributed by atoms with van der Waals surface area (Å²) in [5.74, 6) is 1.96. The maximum absolute atomic E-state index is 9.86. The Morgan fingerprint density at radius 3 is 2.64 bits per heavy atom. The number of hydrogen-bond acceptors (Lipinski definition) is 3. The van der Waals surface area contributed by atoms with Gasteiger partial charge in [-0.15, -0.1) is 0 Å². The quantitative estimate of drug-likeness (QED) is 0.757. The van der Waals surface area contributed by atoms with Crippen LogP contribution in [0, 0.1) is 5.92 Å². The first-order valence-electron chi connectivity index (χ1n) is 4.91. The zero-order valence-corrected chi connectivity index (χ0v) is 9.26. The van der Waals surface area contributed by atoms with E-state index in [0.29, 0.717) is 12.4 Å². The fourth-order valence-corrected chi connectivity index (χ4v) is 1.68. The van der Waals surface area contributed by atoms with E-state index in [2.05, 4.69) is 0 Å². The summed E-state index contributed by atoms with van der Waals surface area (Å²) in [6.07, 6.45) is 0.793. The van der Waals surface area contributed by atoms with Crippen LogP contribution in [0.15, 0.2) is 22.9 Å². The highest BCUT2D eigenvalue weighted by Gasteiger charge is 2.26. The van der Waals surface area contributed by atoms with Gasteiger partial charge in [0.1, 0.15) is 11.5 Å². The monoisotopic (exact) mass is 198 g/mol. The molecule has 0 aromatic carbocycles. The van der Waals surface area contributed by atoms with Gasteiger partial charge in [0.25, 0.3) is 0 Å². The molecular weight excluding hydrogens is 180 g/mol. The first kappa shape index (κ1) is 11.0. The van der Waals surface area contributed by atoms with Crippen molar-refractivity contribution >= 4 is 0 Å². The Morgan fingerprint density at radius 2 is 2.14 bits per heavy atom. The van der Waals surface area contributed by atoms with E-state index in [4.69, 9.17) is 9.47 Å². The van der Waals surface area contributed by atoms with Gasteiger partial charge in [-0.3, -0.25) is 0 Å². The van der Waals surface area contributed by atoms with Gasteiger partial charge in [0, 0.05) is 17.9 Å². The second kappa shape index (κ2) is 4.40. The molecule has 1 aliphatic rings. The van der Waals surface area contributed by atoms with Crippen LogP contribution in [-0.2, 0) is 9.47 Å². The van der Waals surface area contributed by atoms with Gasteiger partial charge in [0.2, 0.25) is 0 Å². The predicted molar refractivity (Wildman–Crippen MR) is 54.8 cm³/mol. The number of rotatable bonds is 3. The summed E-state index contributed by atoms with van der Waals surface area (Å²) >= 11 is 0. The molecule has 14 heavy (non-hydrogen) atoms. The zero-order valence-electron chi connectivity index (χ0n) is 9.26. The summed E-state index contributed by atoms with van der Waals surface area (Å²) < 4.78 is 10.6. The van der Waals surface area contributed by atoms with Gasteiger partial charge in [0.05, 0.1) is 13.7 Å². The van der Waals surface area contributed by atoms with Crippen molar-refractivity contribution < 1.29 is 14.6 Å². The Morgan fingerprint density at radius 1 is 1.50 bits per heavy atom. The van der Waals surface area contributed by atoms with Crippen molar-refractivity contribution in [1.82, 2.24) is 0 Å². The lowest BCUT2D eigenvalue weighted by atomic mass is 9.93. The molecule has 0 aromatic rings. The average molecular weight is 198 g/mol. The van der Waals surface area contributed by atoms with Crippen molar-refractivity contribution in [1.29, 1.82) is 0 Å². The second-order valence-electron chi connectivity index (χ2n) is 3.50. The molecule has 1 rings (SSSR count). The Balaban J connectivity index is 3.01. The van der Waals surface area contributed by atoms with E-state index >= 15 is 0 Å². The van der Waals surface area contributed by atoms with Crippen LogP contribution < -0.4 is 0 Å². The Kier molecular flexibility index (Phi) is 3.44. The number of methoxy groups -OCH3 is 1. The van der Waals surface area contributed by atoms with Crippen molar-refractivity contribution in [3.05, 3.63) is 22.9 Å². The van der Waals surface area contributed by atoms with Gasteiger partial charge < -0.3 is 14.6 Å².